The van der Waals surface area contributed by atoms with Crippen LogP contribution in [0.25, 0.3) is 0 Å². The fourth-order valence-electron chi connectivity index (χ4n) is 3.02. The predicted molar refractivity (Wildman–Crippen MR) is 102 cm³/mol. The molecule has 0 unspecified atom stereocenters. The molecule has 0 radical (unpaired) electrons. The first-order chi connectivity index (χ1) is 13.4. The van der Waals surface area contributed by atoms with Crippen molar-refractivity contribution in [1.29, 1.82) is 0 Å². The van der Waals surface area contributed by atoms with Crippen LogP contribution in [-0.4, -0.2) is 43.6 Å². The SMILES string of the molecule is CC(=O)c1cc(C(C)=O)c(O)c(Cc2c(O)c(C(C)=O)cc(C(C)=O)c2O)c1O. The predicted octanol–water partition coefficient (Wildman–Crippen LogP) is 2.91. The molecule has 0 amide bonds. The summed E-state index contributed by atoms with van der Waals surface area (Å²) in [7, 11) is 0. The van der Waals surface area contributed by atoms with E-state index in [0.29, 0.717) is 0 Å². The van der Waals surface area contributed by atoms with Crippen molar-refractivity contribution in [1.82, 2.24) is 0 Å². The number of benzene rings is 2. The zero-order valence-corrected chi connectivity index (χ0v) is 16.3. The molecule has 152 valence electrons. The Labute approximate surface area is 166 Å². The molecule has 0 heterocycles. The van der Waals surface area contributed by atoms with Crippen LogP contribution >= 0.6 is 0 Å². The second-order valence-corrected chi connectivity index (χ2v) is 6.70. The Balaban J connectivity index is 2.87. The molecule has 0 spiro atoms. The van der Waals surface area contributed by atoms with Gasteiger partial charge in [-0.1, -0.05) is 0 Å². The first-order valence-corrected chi connectivity index (χ1v) is 8.57. The van der Waals surface area contributed by atoms with E-state index in [2.05, 4.69) is 0 Å². The molecule has 2 aromatic rings. The molecule has 0 saturated carbocycles. The van der Waals surface area contributed by atoms with Gasteiger partial charge in [0.1, 0.15) is 23.0 Å². The Morgan fingerprint density at radius 1 is 0.552 bits per heavy atom. The van der Waals surface area contributed by atoms with Crippen molar-refractivity contribution < 1.29 is 39.6 Å². The van der Waals surface area contributed by atoms with Gasteiger partial charge >= 0.3 is 0 Å². The first-order valence-electron chi connectivity index (χ1n) is 8.57. The van der Waals surface area contributed by atoms with Crippen molar-refractivity contribution in [2.24, 2.45) is 0 Å². The third-order valence-corrected chi connectivity index (χ3v) is 4.61. The van der Waals surface area contributed by atoms with Gasteiger partial charge in [0.2, 0.25) is 0 Å². The lowest BCUT2D eigenvalue weighted by atomic mass is 9.90. The highest BCUT2D eigenvalue weighted by Crippen LogP contribution is 2.42. The van der Waals surface area contributed by atoms with Gasteiger partial charge in [0.25, 0.3) is 0 Å². The van der Waals surface area contributed by atoms with Gasteiger partial charge in [0.15, 0.2) is 23.1 Å². The quantitative estimate of drug-likeness (QED) is 0.541. The monoisotopic (exact) mass is 400 g/mol. The lowest BCUT2D eigenvalue weighted by Gasteiger charge is -2.17. The van der Waals surface area contributed by atoms with Crippen molar-refractivity contribution in [3.05, 3.63) is 45.5 Å². The van der Waals surface area contributed by atoms with E-state index in [4.69, 9.17) is 0 Å². The molecule has 4 N–H and O–H groups in total. The third kappa shape index (κ3) is 3.82. The van der Waals surface area contributed by atoms with E-state index in [1.165, 1.54) is 0 Å². The molecular formula is C21H20O8. The number of carbonyl (C=O) groups excluding carboxylic acids is 4. The molecule has 0 aliphatic heterocycles. The molecule has 8 nitrogen and oxygen atoms in total. The third-order valence-electron chi connectivity index (χ3n) is 4.61. The van der Waals surface area contributed by atoms with E-state index in [1.54, 1.807) is 0 Å². The highest BCUT2D eigenvalue weighted by molar-refractivity contribution is 6.05. The van der Waals surface area contributed by atoms with Gasteiger partial charge in [-0.15, -0.1) is 0 Å². The first kappa shape index (κ1) is 21.6. The topological polar surface area (TPSA) is 149 Å². The Morgan fingerprint density at radius 2 is 0.759 bits per heavy atom. The molecule has 0 bridgehead atoms. The number of Topliss-reactive ketones (excluding diaryl/α,β-unsaturated/α-hetero) is 4. The van der Waals surface area contributed by atoms with Gasteiger partial charge in [-0.3, -0.25) is 19.2 Å². The summed E-state index contributed by atoms with van der Waals surface area (Å²) >= 11 is 0. The number of aromatic hydroxyl groups is 4. The zero-order chi connectivity index (χ0) is 22.2. The summed E-state index contributed by atoms with van der Waals surface area (Å²) in [6.07, 6.45) is -0.557. The van der Waals surface area contributed by atoms with Crippen LogP contribution in [-0.2, 0) is 6.42 Å². The van der Waals surface area contributed by atoms with E-state index in [-0.39, 0.29) is 33.4 Å². The number of hydrogen-bond acceptors (Lipinski definition) is 8. The van der Waals surface area contributed by atoms with Crippen LogP contribution in [0.4, 0.5) is 0 Å². The lowest BCUT2D eigenvalue weighted by Crippen LogP contribution is -2.07. The molecule has 0 aliphatic carbocycles. The summed E-state index contributed by atoms with van der Waals surface area (Å²) in [4.78, 5) is 47.3. The van der Waals surface area contributed by atoms with Crippen LogP contribution in [0.5, 0.6) is 23.0 Å². The van der Waals surface area contributed by atoms with Gasteiger partial charge in [-0.2, -0.15) is 0 Å². The molecule has 0 atom stereocenters. The fraction of sp³-hybridized carbons (Fsp3) is 0.238. The summed E-state index contributed by atoms with van der Waals surface area (Å²) < 4.78 is 0. The van der Waals surface area contributed by atoms with E-state index in [1.807, 2.05) is 0 Å². The molecule has 0 saturated heterocycles. The Kier molecular flexibility index (Phi) is 5.77. The maximum atomic E-state index is 11.8. The highest BCUT2D eigenvalue weighted by Gasteiger charge is 2.27. The summed E-state index contributed by atoms with van der Waals surface area (Å²) in [6, 6.07) is 2.09. The van der Waals surface area contributed by atoms with E-state index < -0.39 is 52.6 Å². The molecule has 0 fully saturated rings. The highest BCUT2D eigenvalue weighted by atomic mass is 16.3. The van der Waals surface area contributed by atoms with Gasteiger partial charge in [-0.05, 0) is 39.8 Å². The normalized spacial score (nSPS) is 10.6. The zero-order valence-electron chi connectivity index (χ0n) is 16.3. The van der Waals surface area contributed by atoms with E-state index in [0.717, 1.165) is 39.8 Å². The Hall–Kier alpha value is -3.68. The van der Waals surface area contributed by atoms with Gasteiger partial charge in [-0.25, -0.2) is 0 Å². The number of carbonyl (C=O) groups is 4. The summed E-state index contributed by atoms with van der Waals surface area (Å²) in [5, 5.41) is 41.8. The minimum absolute atomic E-state index is 0.239. The summed E-state index contributed by atoms with van der Waals surface area (Å²) in [5.74, 6) is -4.90. The number of phenolic OH excluding ortho intramolecular Hbond substituents is 4. The lowest BCUT2D eigenvalue weighted by molar-refractivity contribution is 0.0994. The Bertz CT molecular complexity index is 917. The molecule has 0 aliphatic rings. The molecule has 29 heavy (non-hydrogen) atoms. The Morgan fingerprint density at radius 3 is 0.931 bits per heavy atom. The van der Waals surface area contributed by atoms with E-state index in [9.17, 15) is 39.6 Å². The standard InChI is InChI=1S/C21H20O8/c1-8(22)12-5-13(9(2)23)19(27)16(18(12)26)7-17-20(28)14(10(3)24)6-15(11(4)25)21(17)29/h5-6,26-29H,7H2,1-4H3. The number of ketones is 4. The summed E-state index contributed by atoms with van der Waals surface area (Å²) in [6.45, 7) is 4.61. The summed E-state index contributed by atoms with van der Waals surface area (Å²) in [5.41, 5.74) is -1.59. The van der Waals surface area contributed by atoms with Crippen molar-refractivity contribution in [2.45, 2.75) is 34.1 Å². The van der Waals surface area contributed by atoms with Crippen LogP contribution in [0.1, 0.15) is 80.3 Å². The maximum absolute atomic E-state index is 11.8. The van der Waals surface area contributed by atoms with Crippen LogP contribution in [0.15, 0.2) is 12.1 Å². The second-order valence-electron chi connectivity index (χ2n) is 6.70. The molecule has 0 aromatic heterocycles. The average Bonchev–Trinajstić information content (AvgIpc) is 2.59. The molecule has 2 aromatic carbocycles. The van der Waals surface area contributed by atoms with Gasteiger partial charge in [0.05, 0.1) is 22.3 Å². The van der Waals surface area contributed by atoms with Crippen molar-refractivity contribution in [3.8, 4) is 23.0 Å². The smallest absolute Gasteiger partial charge is 0.163 e. The van der Waals surface area contributed by atoms with Gasteiger partial charge in [0, 0.05) is 17.5 Å². The second kappa shape index (κ2) is 7.75. The van der Waals surface area contributed by atoms with Gasteiger partial charge < -0.3 is 20.4 Å². The average molecular weight is 400 g/mol. The fourth-order valence-corrected chi connectivity index (χ4v) is 3.02. The van der Waals surface area contributed by atoms with Crippen molar-refractivity contribution in [2.75, 3.05) is 0 Å². The van der Waals surface area contributed by atoms with Crippen LogP contribution < -0.4 is 0 Å². The molecule has 2 rings (SSSR count). The van der Waals surface area contributed by atoms with Crippen molar-refractivity contribution >= 4 is 23.1 Å². The molecule has 8 heteroatoms. The van der Waals surface area contributed by atoms with Crippen LogP contribution in [0.3, 0.4) is 0 Å². The van der Waals surface area contributed by atoms with E-state index >= 15 is 0 Å². The van der Waals surface area contributed by atoms with Crippen LogP contribution in [0, 0.1) is 0 Å². The van der Waals surface area contributed by atoms with Crippen LogP contribution in [0.2, 0.25) is 0 Å². The number of hydrogen-bond donors (Lipinski definition) is 4. The largest absolute Gasteiger partial charge is 0.507 e. The minimum Gasteiger partial charge on any atom is -0.507 e. The maximum Gasteiger partial charge on any atom is 0.163 e. The molecular weight excluding hydrogens is 380 g/mol. The van der Waals surface area contributed by atoms with Crippen molar-refractivity contribution in [3.63, 3.8) is 0 Å². The minimum atomic E-state index is -0.642. The number of phenols is 4. The number of rotatable bonds is 6.